The van der Waals surface area contributed by atoms with E-state index in [0.717, 1.165) is 29.2 Å². The third kappa shape index (κ3) is 8.46. The maximum Gasteiger partial charge on any atom is 0.191 e. The van der Waals surface area contributed by atoms with Crippen LogP contribution in [-0.2, 0) is 6.54 Å². The largest absolute Gasteiger partial charge is 0.357 e. The van der Waals surface area contributed by atoms with Crippen molar-refractivity contribution in [1.29, 1.82) is 0 Å². The highest BCUT2D eigenvalue weighted by molar-refractivity contribution is 14.0. The van der Waals surface area contributed by atoms with Crippen molar-refractivity contribution < 1.29 is 0 Å². The molecular formula is C17H25BrIN5S. The van der Waals surface area contributed by atoms with Crippen molar-refractivity contribution in [3.63, 3.8) is 0 Å². The lowest BCUT2D eigenvalue weighted by molar-refractivity contribution is 0.663. The monoisotopic (exact) mass is 537 g/mol. The second-order valence-electron chi connectivity index (χ2n) is 5.95. The minimum absolute atomic E-state index is 0. The maximum absolute atomic E-state index is 4.59. The van der Waals surface area contributed by atoms with Gasteiger partial charge in [-0.1, -0.05) is 15.9 Å². The van der Waals surface area contributed by atoms with Gasteiger partial charge in [0.15, 0.2) is 5.96 Å². The Hall–Kier alpha value is -0.740. The first-order valence-corrected chi connectivity index (χ1v) is 9.54. The van der Waals surface area contributed by atoms with Crippen LogP contribution in [0.1, 0.15) is 26.5 Å². The Morgan fingerprint density at radius 3 is 2.56 bits per heavy atom. The summed E-state index contributed by atoms with van der Waals surface area (Å²) >= 11 is 5.32. The number of hydrogen-bond donors (Lipinski definition) is 3. The number of thioether (sulfide) groups is 1. The first-order chi connectivity index (χ1) is 11.5. The van der Waals surface area contributed by atoms with Crippen LogP contribution in [0.25, 0.3) is 0 Å². The van der Waals surface area contributed by atoms with Crippen molar-refractivity contribution in [2.75, 3.05) is 13.1 Å². The molecule has 1 heterocycles. The van der Waals surface area contributed by atoms with E-state index in [2.05, 4.69) is 86.8 Å². The molecule has 0 amide bonds. The molecule has 0 aliphatic heterocycles. The summed E-state index contributed by atoms with van der Waals surface area (Å²) in [5, 5.41) is 13.6. The lowest BCUT2D eigenvalue weighted by Gasteiger charge is -2.25. The summed E-state index contributed by atoms with van der Waals surface area (Å²) in [7, 11) is 0. The van der Waals surface area contributed by atoms with E-state index in [1.165, 1.54) is 4.90 Å². The summed E-state index contributed by atoms with van der Waals surface area (Å²) in [5.41, 5.74) is 0.996. The van der Waals surface area contributed by atoms with Crippen LogP contribution in [-0.4, -0.2) is 34.0 Å². The number of nitrogens with one attached hydrogen (secondary N) is 3. The van der Waals surface area contributed by atoms with Crippen LogP contribution in [0.2, 0.25) is 0 Å². The van der Waals surface area contributed by atoms with Gasteiger partial charge in [0.05, 0.1) is 12.2 Å². The van der Waals surface area contributed by atoms with E-state index in [0.29, 0.717) is 6.54 Å². The molecule has 1 aromatic heterocycles. The smallest absolute Gasteiger partial charge is 0.191 e. The third-order valence-corrected chi connectivity index (χ3v) is 4.93. The average molecular weight is 538 g/mol. The van der Waals surface area contributed by atoms with E-state index < -0.39 is 0 Å². The Kier molecular flexibility index (Phi) is 9.88. The number of benzene rings is 1. The van der Waals surface area contributed by atoms with Crippen LogP contribution in [0.4, 0.5) is 0 Å². The van der Waals surface area contributed by atoms with Crippen LogP contribution in [0, 0.1) is 0 Å². The zero-order valence-corrected chi connectivity index (χ0v) is 19.4. The minimum atomic E-state index is 0. The van der Waals surface area contributed by atoms with Crippen LogP contribution >= 0.6 is 51.7 Å². The normalized spacial score (nSPS) is 11.8. The first kappa shape index (κ1) is 22.3. The van der Waals surface area contributed by atoms with E-state index in [1.54, 1.807) is 6.20 Å². The predicted molar refractivity (Wildman–Crippen MR) is 121 cm³/mol. The van der Waals surface area contributed by atoms with E-state index in [4.69, 9.17) is 0 Å². The molecule has 0 bridgehead atoms. The van der Waals surface area contributed by atoms with Crippen molar-refractivity contribution in [2.24, 2.45) is 4.99 Å². The molecule has 0 aliphatic carbocycles. The van der Waals surface area contributed by atoms with Gasteiger partial charge < -0.3 is 10.6 Å². The molecule has 3 N–H and O–H groups in total. The standard InChI is InChI=1S/C17H24BrN5S.HI/c1-4-19-16(20-11-14-9-10-22-23-14)21-12-17(2,3)24-15-7-5-13(18)6-8-15;/h5-10H,4,11-12H2,1-3H3,(H,22,23)(H2,19,20,21);1H. The van der Waals surface area contributed by atoms with Crippen molar-refractivity contribution in [3.8, 4) is 0 Å². The van der Waals surface area contributed by atoms with Crippen molar-refractivity contribution >= 4 is 57.6 Å². The summed E-state index contributed by atoms with van der Waals surface area (Å²) in [6.45, 7) is 8.73. The lowest BCUT2D eigenvalue weighted by Crippen LogP contribution is -2.43. The molecule has 1 aromatic carbocycles. The molecule has 5 nitrogen and oxygen atoms in total. The van der Waals surface area contributed by atoms with Gasteiger partial charge in [0.25, 0.3) is 0 Å². The summed E-state index contributed by atoms with van der Waals surface area (Å²) in [5.74, 6) is 0.816. The molecular weight excluding hydrogens is 513 g/mol. The van der Waals surface area contributed by atoms with Gasteiger partial charge in [0.2, 0.25) is 0 Å². The molecule has 0 atom stereocenters. The Labute approximate surface area is 179 Å². The number of hydrogen-bond acceptors (Lipinski definition) is 3. The van der Waals surface area contributed by atoms with Gasteiger partial charge in [0, 0.05) is 33.4 Å². The molecule has 8 heteroatoms. The van der Waals surface area contributed by atoms with Crippen LogP contribution in [0.3, 0.4) is 0 Å². The number of aromatic amines is 1. The van der Waals surface area contributed by atoms with Gasteiger partial charge in [0.1, 0.15) is 0 Å². The predicted octanol–water partition coefficient (Wildman–Crippen LogP) is 4.42. The molecule has 0 unspecified atom stereocenters. The summed E-state index contributed by atoms with van der Waals surface area (Å²) in [6, 6.07) is 10.3. The topological polar surface area (TPSA) is 65.1 Å². The molecule has 0 aliphatic rings. The highest BCUT2D eigenvalue weighted by atomic mass is 127. The highest BCUT2D eigenvalue weighted by Gasteiger charge is 2.20. The number of guanidine groups is 1. The molecule has 2 aromatic rings. The second-order valence-corrected chi connectivity index (χ2v) is 8.64. The minimum Gasteiger partial charge on any atom is -0.357 e. The molecule has 0 saturated carbocycles. The second kappa shape index (κ2) is 11.1. The fraction of sp³-hybridized carbons (Fsp3) is 0.412. The van der Waals surface area contributed by atoms with Crippen molar-refractivity contribution in [1.82, 2.24) is 20.8 Å². The zero-order valence-electron chi connectivity index (χ0n) is 14.7. The van der Waals surface area contributed by atoms with Gasteiger partial charge in [-0.25, -0.2) is 4.99 Å². The van der Waals surface area contributed by atoms with Crippen molar-refractivity contribution in [3.05, 3.63) is 46.7 Å². The van der Waals surface area contributed by atoms with Gasteiger partial charge >= 0.3 is 0 Å². The SMILES string of the molecule is CCNC(=NCc1ccn[nH]1)NCC(C)(C)Sc1ccc(Br)cc1.I. The molecule has 25 heavy (non-hydrogen) atoms. The lowest BCUT2D eigenvalue weighted by atomic mass is 10.2. The number of nitrogens with zero attached hydrogens (tertiary/aromatic N) is 2. The molecule has 0 fully saturated rings. The van der Waals surface area contributed by atoms with E-state index >= 15 is 0 Å². The number of H-pyrrole nitrogens is 1. The first-order valence-electron chi connectivity index (χ1n) is 7.93. The number of aromatic nitrogens is 2. The highest BCUT2D eigenvalue weighted by Crippen LogP contribution is 2.32. The van der Waals surface area contributed by atoms with Crippen molar-refractivity contribution in [2.45, 2.75) is 37.0 Å². The Morgan fingerprint density at radius 1 is 1.24 bits per heavy atom. The van der Waals surface area contributed by atoms with Gasteiger partial charge in [-0.3, -0.25) is 5.10 Å². The molecule has 0 saturated heterocycles. The summed E-state index contributed by atoms with van der Waals surface area (Å²) in [6.07, 6.45) is 1.74. The fourth-order valence-corrected chi connectivity index (χ4v) is 3.35. The average Bonchev–Trinajstić information content (AvgIpc) is 3.06. The van der Waals surface area contributed by atoms with Crippen LogP contribution in [0.5, 0.6) is 0 Å². The zero-order chi connectivity index (χ0) is 17.4. The Balaban J connectivity index is 0.00000312. The molecule has 0 radical (unpaired) electrons. The van der Waals surface area contributed by atoms with Crippen LogP contribution < -0.4 is 10.6 Å². The van der Waals surface area contributed by atoms with E-state index in [1.807, 2.05) is 17.8 Å². The summed E-state index contributed by atoms with van der Waals surface area (Å²) in [4.78, 5) is 5.84. The Bertz CT molecular complexity index is 644. The number of aliphatic imine (C=N–C) groups is 1. The van der Waals surface area contributed by atoms with E-state index in [9.17, 15) is 0 Å². The fourth-order valence-electron chi connectivity index (χ4n) is 2.03. The molecule has 138 valence electrons. The van der Waals surface area contributed by atoms with E-state index in [-0.39, 0.29) is 28.7 Å². The number of rotatable bonds is 7. The third-order valence-electron chi connectivity index (χ3n) is 3.20. The Morgan fingerprint density at radius 2 is 1.96 bits per heavy atom. The summed E-state index contributed by atoms with van der Waals surface area (Å²) < 4.78 is 1.14. The maximum atomic E-state index is 4.59. The van der Waals surface area contributed by atoms with Crippen LogP contribution in [0.15, 0.2) is 50.9 Å². The van der Waals surface area contributed by atoms with Gasteiger partial charge in [-0.2, -0.15) is 5.10 Å². The molecule has 2 rings (SSSR count). The van der Waals surface area contributed by atoms with Gasteiger partial charge in [-0.05, 0) is 51.1 Å². The molecule has 0 spiro atoms. The van der Waals surface area contributed by atoms with Gasteiger partial charge in [-0.15, -0.1) is 35.7 Å². The number of halogens is 2. The quantitative estimate of drug-likeness (QED) is 0.212.